The zero-order chi connectivity index (χ0) is 22.8. The lowest BCUT2D eigenvalue weighted by molar-refractivity contribution is -0.123. The van der Waals surface area contributed by atoms with E-state index in [0.717, 1.165) is 32.1 Å². The minimum Gasteiger partial charge on any atom is -0.493 e. The normalized spacial score (nSPS) is 13.6. The van der Waals surface area contributed by atoms with Crippen LogP contribution in [0.2, 0.25) is 0 Å². The van der Waals surface area contributed by atoms with E-state index in [4.69, 9.17) is 14.2 Å². The molecule has 1 aliphatic rings. The Morgan fingerprint density at radius 1 is 0.968 bits per heavy atom. The molecular formula is C21H28N2O8. The van der Waals surface area contributed by atoms with E-state index in [1.165, 1.54) is 26.4 Å². The van der Waals surface area contributed by atoms with Crippen LogP contribution in [0.3, 0.4) is 0 Å². The number of benzene rings is 1. The van der Waals surface area contributed by atoms with Gasteiger partial charge in [-0.15, -0.1) is 0 Å². The van der Waals surface area contributed by atoms with E-state index >= 15 is 0 Å². The van der Waals surface area contributed by atoms with Crippen LogP contribution in [0.5, 0.6) is 11.5 Å². The minimum atomic E-state index is -0.935. The zero-order valence-electron chi connectivity index (χ0n) is 17.9. The topological polar surface area (TPSA) is 129 Å². The van der Waals surface area contributed by atoms with Crippen LogP contribution in [0.25, 0.3) is 0 Å². The van der Waals surface area contributed by atoms with Gasteiger partial charge in [0.15, 0.2) is 18.1 Å². The van der Waals surface area contributed by atoms with Crippen LogP contribution < -0.4 is 20.1 Å². The minimum absolute atomic E-state index is 0.00857. The number of ether oxygens (including phenoxy) is 4. The second-order valence-electron chi connectivity index (χ2n) is 6.92. The maximum absolute atomic E-state index is 12.7. The molecule has 0 aliphatic heterocycles. The highest BCUT2D eigenvalue weighted by Crippen LogP contribution is 2.34. The van der Waals surface area contributed by atoms with Crippen molar-refractivity contribution in [3.05, 3.63) is 17.7 Å². The lowest BCUT2D eigenvalue weighted by atomic mass is 9.88. The summed E-state index contributed by atoms with van der Waals surface area (Å²) in [4.78, 5) is 48.4. The average molecular weight is 436 g/mol. The fourth-order valence-electron chi connectivity index (χ4n) is 3.28. The average Bonchev–Trinajstić information content (AvgIpc) is 2.77. The highest BCUT2D eigenvalue weighted by atomic mass is 16.6. The maximum Gasteiger partial charge on any atom is 0.413 e. The number of rotatable bonds is 8. The molecule has 10 nitrogen and oxygen atoms in total. The van der Waals surface area contributed by atoms with E-state index in [9.17, 15) is 19.2 Å². The van der Waals surface area contributed by atoms with Gasteiger partial charge in [-0.25, -0.2) is 9.59 Å². The molecule has 1 aromatic carbocycles. The Kier molecular flexibility index (Phi) is 9.11. The Labute approximate surface area is 180 Å². The first-order chi connectivity index (χ1) is 14.9. The molecule has 0 spiro atoms. The first-order valence-electron chi connectivity index (χ1n) is 10.1. The van der Waals surface area contributed by atoms with Crippen LogP contribution in [-0.2, 0) is 19.1 Å². The fourth-order valence-corrected chi connectivity index (χ4v) is 3.28. The van der Waals surface area contributed by atoms with Crippen molar-refractivity contribution in [1.29, 1.82) is 0 Å². The van der Waals surface area contributed by atoms with Gasteiger partial charge in [-0.3, -0.25) is 14.9 Å². The summed E-state index contributed by atoms with van der Waals surface area (Å²) in [5.41, 5.74) is 0.176. The number of hydrogen-bond acceptors (Lipinski definition) is 8. The van der Waals surface area contributed by atoms with Crippen molar-refractivity contribution in [1.82, 2.24) is 5.32 Å². The quantitative estimate of drug-likeness (QED) is 0.595. The molecule has 0 radical (unpaired) electrons. The summed E-state index contributed by atoms with van der Waals surface area (Å²) < 4.78 is 20.1. The molecule has 31 heavy (non-hydrogen) atoms. The van der Waals surface area contributed by atoms with Gasteiger partial charge in [0.1, 0.15) is 0 Å². The molecule has 0 atom stereocenters. The molecule has 2 rings (SSSR count). The van der Waals surface area contributed by atoms with Crippen molar-refractivity contribution >= 4 is 29.6 Å². The molecule has 2 N–H and O–H groups in total. The molecule has 0 heterocycles. The van der Waals surface area contributed by atoms with E-state index in [-0.39, 0.29) is 35.4 Å². The van der Waals surface area contributed by atoms with E-state index in [2.05, 4.69) is 10.1 Å². The second kappa shape index (κ2) is 11.8. The number of carbonyl (C=O) groups excluding carboxylic acids is 4. The van der Waals surface area contributed by atoms with Gasteiger partial charge in [0.05, 0.1) is 32.1 Å². The van der Waals surface area contributed by atoms with Gasteiger partial charge < -0.3 is 24.3 Å². The predicted octanol–water partition coefficient (Wildman–Crippen LogP) is 2.65. The van der Waals surface area contributed by atoms with Crippen molar-refractivity contribution in [2.45, 2.75) is 39.0 Å². The van der Waals surface area contributed by atoms with Crippen molar-refractivity contribution < 1.29 is 38.1 Å². The summed E-state index contributed by atoms with van der Waals surface area (Å²) in [5, 5.41) is 4.70. The van der Waals surface area contributed by atoms with Gasteiger partial charge in [0.2, 0.25) is 5.91 Å². The van der Waals surface area contributed by atoms with Gasteiger partial charge in [-0.05, 0) is 19.8 Å². The van der Waals surface area contributed by atoms with E-state index in [0.29, 0.717) is 5.75 Å². The lowest BCUT2D eigenvalue weighted by Gasteiger charge is -2.22. The molecule has 3 amide bonds. The Morgan fingerprint density at radius 3 is 2.23 bits per heavy atom. The fraction of sp³-hybridized carbons (Fsp3) is 0.524. The molecule has 0 bridgehead atoms. The highest BCUT2D eigenvalue weighted by Gasteiger charge is 2.25. The van der Waals surface area contributed by atoms with Crippen molar-refractivity contribution in [3.8, 4) is 11.5 Å². The summed E-state index contributed by atoms with van der Waals surface area (Å²) >= 11 is 0. The SMILES string of the molecule is CCOC(=O)NC(=O)COC(=O)c1cc(OC)c(OC)cc1NC(=O)C1CCCCC1. The van der Waals surface area contributed by atoms with Crippen molar-refractivity contribution in [2.75, 3.05) is 32.8 Å². The number of hydrogen-bond donors (Lipinski definition) is 2. The monoisotopic (exact) mass is 436 g/mol. The summed E-state index contributed by atoms with van der Waals surface area (Å²) in [5.74, 6) is -1.49. The lowest BCUT2D eigenvalue weighted by Crippen LogP contribution is -2.34. The van der Waals surface area contributed by atoms with Crippen LogP contribution in [0, 0.1) is 5.92 Å². The molecule has 0 unspecified atom stereocenters. The van der Waals surface area contributed by atoms with Crippen LogP contribution in [0.1, 0.15) is 49.4 Å². The number of nitrogens with one attached hydrogen (secondary N) is 2. The summed E-state index contributed by atoms with van der Waals surface area (Å²) in [6.07, 6.45) is 3.70. The molecule has 1 saturated carbocycles. The highest BCUT2D eigenvalue weighted by molar-refractivity contribution is 6.03. The number of esters is 1. The van der Waals surface area contributed by atoms with Crippen LogP contribution in [0.4, 0.5) is 10.5 Å². The van der Waals surface area contributed by atoms with E-state index < -0.39 is 24.6 Å². The molecule has 1 aliphatic carbocycles. The molecule has 0 aromatic heterocycles. The first-order valence-corrected chi connectivity index (χ1v) is 10.1. The number of alkyl carbamates (subject to hydrolysis) is 1. The molecule has 170 valence electrons. The maximum atomic E-state index is 12.7. The second-order valence-corrected chi connectivity index (χ2v) is 6.92. The Morgan fingerprint density at radius 2 is 1.61 bits per heavy atom. The van der Waals surface area contributed by atoms with E-state index in [1.807, 2.05) is 5.32 Å². The van der Waals surface area contributed by atoms with Crippen LogP contribution in [-0.4, -0.2) is 51.3 Å². The van der Waals surface area contributed by atoms with E-state index in [1.54, 1.807) is 6.92 Å². The number of methoxy groups -OCH3 is 2. The van der Waals surface area contributed by atoms with Crippen molar-refractivity contribution in [3.63, 3.8) is 0 Å². The van der Waals surface area contributed by atoms with Crippen LogP contribution >= 0.6 is 0 Å². The smallest absolute Gasteiger partial charge is 0.413 e. The van der Waals surface area contributed by atoms with Gasteiger partial charge >= 0.3 is 12.1 Å². The largest absolute Gasteiger partial charge is 0.493 e. The standard InChI is InChI=1S/C21H28N2O8/c1-4-30-21(27)23-18(24)12-31-20(26)14-10-16(28-2)17(29-3)11-15(14)22-19(25)13-8-6-5-7-9-13/h10-11,13H,4-9,12H2,1-3H3,(H,22,25)(H,23,24,27). The Bertz CT molecular complexity index is 818. The number of amides is 3. The predicted molar refractivity (Wildman–Crippen MR) is 110 cm³/mol. The third-order valence-electron chi connectivity index (χ3n) is 4.83. The van der Waals surface area contributed by atoms with Gasteiger partial charge in [0.25, 0.3) is 5.91 Å². The zero-order valence-corrected chi connectivity index (χ0v) is 17.9. The molecule has 1 aromatic rings. The van der Waals surface area contributed by atoms with Crippen molar-refractivity contribution in [2.24, 2.45) is 5.92 Å². The Hall–Kier alpha value is -3.30. The molecule has 0 saturated heterocycles. The molecule has 1 fully saturated rings. The number of imide groups is 1. The number of anilines is 1. The van der Waals surface area contributed by atoms with Gasteiger partial charge in [-0.2, -0.15) is 0 Å². The van der Waals surface area contributed by atoms with Gasteiger partial charge in [0, 0.05) is 18.1 Å². The number of carbonyl (C=O) groups is 4. The van der Waals surface area contributed by atoms with Gasteiger partial charge in [-0.1, -0.05) is 19.3 Å². The summed E-state index contributed by atoms with van der Waals surface area (Å²) in [6.45, 7) is 0.973. The molecular weight excluding hydrogens is 408 g/mol. The van der Waals surface area contributed by atoms with Crippen LogP contribution in [0.15, 0.2) is 12.1 Å². The Balaban J connectivity index is 2.17. The third kappa shape index (κ3) is 6.87. The summed E-state index contributed by atoms with van der Waals surface area (Å²) in [6, 6.07) is 2.83. The summed E-state index contributed by atoms with van der Waals surface area (Å²) in [7, 11) is 2.84. The third-order valence-corrected chi connectivity index (χ3v) is 4.83. The first kappa shape index (κ1) is 24.0. The molecule has 10 heteroatoms.